The molecular weight excluding hydrogens is 448 g/mol. The number of benzene rings is 1. The van der Waals surface area contributed by atoms with Crippen LogP contribution in [0.5, 0.6) is 0 Å². The number of unbranched alkanes of at least 4 members (excludes halogenated alkanes) is 1. The van der Waals surface area contributed by atoms with Crippen LogP contribution >= 0.6 is 24.0 Å². The van der Waals surface area contributed by atoms with Gasteiger partial charge in [0.2, 0.25) is 5.91 Å². The van der Waals surface area contributed by atoms with E-state index in [1.54, 1.807) is 12.1 Å². The van der Waals surface area contributed by atoms with Gasteiger partial charge < -0.3 is 20.9 Å². The van der Waals surface area contributed by atoms with E-state index in [1.165, 1.54) is 12.1 Å². The van der Waals surface area contributed by atoms with Crippen LogP contribution in [-0.4, -0.2) is 56.0 Å². The largest absolute Gasteiger partial charge is 0.370 e. The Hall–Kier alpha value is -1.58. The lowest BCUT2D eigenvalue weighted by atomic mass is 10.2. The van der Waals surface area contributed by atoms with Crippen molar-refractivity contribution in [3.8, 4) is 0 Å². The first-order valence-electron chi connectivity index (χ1n) is 8.92. The first kappa shape index (κ1) is 22.5. The third kappa shape index (κ3) is 7.35. The fourth-order valence-corrected chi connectivity index (χ4v) is 2.74. The van der Waals surface area contributed by atoms with Gasteiger partial charge in [0.25, 0.3) is 0 Å². The van der Waals surface area contributed by atoms with Gasteiger partial charge in [-0.25, -0.2) is 4.39 Å². The average molecular weight is 477 g/mol. The molecule has 1 saturated heterocycles. The topological polar surface area (TPSA) is 74.0 Å². The summed E-state index contributed by atoms with van der Waals surface area (Å²) in [6.45, 7) is 6.18. The van der Waals surface area contributed by atoms with E-state index in [1.807, 2.05) is 4.90 Å². The van der Waals surface area contributed by atoms with Crippen LogP contribution in [-0.2, 0) is 4.79 Å². The molecule has 1 heterocycles. The fourth-order valence-electron chi connectivity index (χ4n) is 2.74. The summed E-state index contributed by atoms with van der Waals surface area (Å²) in [4.78, 5) is 20.5. The number of hydrogen-bond donors (Lipinski definition) is 2. The van der Waals surface area contributed by atoms with E-state index in [9.17, 15) is 9.18 Å². The molecule has 1 aliphatic heterocycles. The van der Waals surface area contributed by atoms with E-state index >= 15 is 0 Å². The second-order valence-corrected chi connectivity index (χ2v) is 6.14. The highest BCUT2D eigenvalue weighted by atomic mass is 127. The van der Waals surface area contributed by atoms with Gasteiger partial charge in [-0.3, -0.25) is 9.79 Å². The Kier molecular flexibility index (Phi) is 10.3. The zero-order valence-corrected chi connectivity index (χ0v) is 17.6. The average Bonchev–Trinajstić information content (AvgIpc) is 2.63. The van der Waals surface area contributed by atoms with Crippen LogP contribution in [0.2, 0.25) is 0 Å². The van der Waals surface area contributed by atoms with Crippen molar-refractivity contribution in [1.82, 2.24) is 10.2 Å². The minimum Gasteiger partial charge on any atom is -0.370 e. The van der Waals surface area contributed by atoms with Crippen LogP contribution in [0.4, 0.5) is 10.1 Å². The van der Waals surface area contributed by atoms with Crippen molar-refractivity contribution in [3.63, 3.8) is 0 Å². The predicted molar refractivity (Wildman–Crippen MR) is 115 cm³/mol. The van der Waals surface area contributed by atoms with E-state index in [4.69, 9.17) is 5.73 Å². The number of aliphatic imine (C=N–C) groups is 1. The molecule has 1 fully saturated rings. The molecule has 1 aliphatic rings. The van der Waals surface area contributed by atoms with Crippen LogP contribution in [0.15, 0.2) is 29.3 Å². The van der Waals surface area contributed by atoms with Gasteiger partial charge in [-0.1, -0.05) is 13.3 Å². The molecule has 0 bridgehead atoms. The Bertz CT molecular complexity index is 573. The highest BCUT2D eigenvalue weighted by Crippen LogP contribution is 2.17. The lowest BCUT2D eigenvalue weighted by Gasteiger charge is -2.36. The van der Waals surface area contributed by atoms with E-state index in [0.29, 0.717) is 38.6 Å². The summed E-state index contributed by atoms with van der Waals surface area (Å²) in [7, 11) is 0. The zero-order chi connectivity index (χ0) is 18.1. The second kappa shape index (κ2) is 11.9. The molecule has 0 aromatic heterocycles. The van der Waals surface area contributed by atoms with Gasteiger partial charge in [-0.15, -0.1) is 24.0 Å². The number of hydrogen-bond acceptors (Lipinski definition) is 3. The van der Waals surface area contributed by atoms with Crippen LogP contribution in [0, 0.1) is 5.82 Å². The molecule has 6 nitrogen and oxygen atoms in total. The fraction of sp³-hybridized carbons (Fsp3) is 0.556. The second-order valence-electron chi connectivity index (χ2n) is 6.14. The zero-order valence-electron chi connectivity index (χ0n) is 15.3. The van der Waals surface area contributed by atoms with Crippen LogP contribution < -0.4 is 16.0 Å². The van der Waals surface area contributed by atoms with E-state index < -0.39 is 0 Å². The molecule has 3 N–H and O–H groups in total. The van der Waals surface area contributed by atoms with Gasteiger partial charge in [0.1, 0.15) is 5.82 Å². The number of halogens is 2. The summed E-state index contributed by atoms with van der Waals surface area (Å²) in [5.41, 5.74) is 6.74. The van der Waals surface area contributed by atoms with Gasteiger partial charge in [0.05, 0.1) is 0 Å². The number of guanidine groups is 1. The summed E-state index contributed by atoms with van der Waals surface area (Å²) >= 11 is 0. The third-order valence-corrected chi connectivity index (χ3v) is 4.26. The molecule has 0 saturated carbocycles. The summed E-state index contributed by atoms with van der Waals surface area (Å²) < 4.78 is 13.0. The summed E-state index contributed by atoms with van der Waals surface area (Å²) in [5.74, 6) is 0.289. The molecular formula is C18H29FIN5O. The van der Waals surface area contributed by atoms with Crippen molar-refractivity contribution in [3.05, 3.63) is 30.1 Å². The first-order valence-corrected chi connectivity index (χ1v) is 8.92. The molecule has 0 unspecified atom stereocenters. The normalized spacial score (nSPS) is 14.8. The van der Waals surface area contributed by atoms with Gasteiger partial charge in [0.15, 0.2) is 5.96 Å². The molecule has 0 aliphatic carbocycles. The van der Waals surface area contributed by atoms with Crippen molar-refractivity contribution >= 4 is 41.5 Å². The highest BCUT2D eigenvalue weighted by Gasteiger charge is 2.20. The van der Waals surface area contributed by atoms with Crippen molar-refractivity contribution < 1.29 is 9.18 Å². The molecule has 1 aromatic rings. The number of carbonyl (C=O) groups is 1. The Morgan fingerprint density at radius 1 is 1.23 bits per heavy atom. The number of amides is 1. The minimum absolute atomic E-state index is 0. The van der Waals surface area contributed by atoms with Crippen molar-refractivity contribution in [2.24, 2.45) is 10.7 Å². The molecule has 0 spiro atoms. The molecule has 146 valence electrons. The Morgan fingerprint density at radius 3 is 2.50 bits per heavy atom. The Balaban J connectivity index is 0.00000338. The maximum absolute atomic E-state index is 13.0. The lowest BCUT2D eigenvalue weighted by Crippen LogP contribution is -2.49. The predicted octanol–water partition coefficient (Wildman–Crippen LogP) is 2.19. The maximum Gasteiger partial charge on any atom is 0.224 e. The van der Waals surface area contributed by atoms with Crippen LogP contribution in [0.3, 0.4) is 0 Å². The number of rotatable bonds is 7. The Morgan fingerprint density at radius 2 is 1.88 bits per heavy atom. The number of piperazine rings is 1. The number of nitrogens with zero attached hydrogens (tertiary/aromatic N) is 3. The summed E-state index contributed by atoms with van der Waals surface area (Å²) in [6.07, 6.45) is 2.50. The SMILES string of the molecule is CCCCN=C(N)NCCC(=O)N1CCN(c2ccc(F)cc2)CC1.I. The quantitative estimate of drug-likeness (QED) is 0.273. The minimum atomic E-state index is -0.234. The molecule has 26 heavy (non-hydrogen) atoms. The number of nitrogens with two attached hydrogens (primary N) is 1. The highest BCUT2D eigenvalue weighted by molar-refractivity contribution is 14.0. The number of anilines is 1. The standard InChI is InChI=1S/C18H28FN5O.HI/c1-2-3-9-21-18(20)22-10-8-17(25)24-13-11-23(12-14-24)16-6-4-15(19)5-7-16;/h4-7H,2-3,8-14H2,1H3,(H3,20,21,22);1H. The van der Waals surface area contributed by atoms with Gasteiger partial charge in [0, 0.05) is 51.4 Å². The molecule has 1 amide bonds. The molecule has 0 radical (unpaired) electrons. The van der Waals surface area contributed by atoms with Crippen molar-refractivity contribution in [1.29, 1.82) is 0 Å². The third-order valence-electron chi connectivity index (χ3n) is 4.26. The van der Waals surface area contributed by atoms with E-state index in [0.717, 1.165) is 31.6 Å². The summed E-state index contributed by atoms with van der Waals surface area (Å²) in [6, 6.07) is 6.48. The van der Waals surface area contributed by atoms with Crippen LogP contribution in [0.25, 0.3) is 0 Å². The van der Waals surface area contributed by atoms with Gasteiger partial charge in [-0.05, 0) is 30.7 Å². The van der Waals surface area contributed by atoms with Gasteiger partial charge in [-0.2, -0.15) is 0 Å². The maximum atomic E-state index is 13.0. The van der Waals surface area contributed by atoms with E-state index in [-0.39, 0.29) is 35.7 Å². The smallest absolute Gasteiger partial charge is 0.224 e. The number of nitrogens with one attached hydrogen (secondary N) is 1. The lowest BCUT2D eigenvalue weighted by molar-refractivity contribution is -0.131. The molecule has 2 rings (SSSR count). The monoisotopic (exact) mass is 477 g/mol. The molecule has 1 aromatic carbocycles. The van der Waals surface area contributed by atoms with Crippen LogP contribution in [0.1, 0.15) is 26.2 Å². The van der Waals surface area contributed by atoms with Crippen molar-refractivity contribution in [2.45, 2.75) is 26.2 Å². The van der Waals surface area contributed by atoms with E-state index in [2.05, 4.69) is 22.1 Å². The van der Waals surface area contributed by atoms with Gasteiger partial charge >= 0.3 is 0 Å². The Labute approximate surface area is 172 Å². The number of carbonyl (C=O) groups excluding carboxylic acids is 1. The molecule has 0 atom stereocenters. The summed E-state index contributed by atoms with van der Waals surface area (Å²) in [5, 5.41) is 2.99. The molecule has 8 heteroatoms. The first-order chi connectivity index (χ1) is 12.1. The van der Waals surface area contributed by atoms with Crippen molar-refractivity contribution in [2.75, 3.05) is 44.2 Å².